The van der Waals surface area contributed by atoms with E-state index in [-0.39, 0.29) is 0 Å². The summed E-state index contributed by atoms with van der Waals surface area (Å²) in [7, 11) is 0. The van der Waals surface area contributed by atoms with Gasteiger partial charge in [0, 0.05) is 23.5 Å². The third-order valence-electron chi connectivity index (χ3n) is 7.67. The maximum absolute atomic E-state index is 9.31. The van der Waals surface area contributed by atoms with Gasteiger partial charge >= 0.3 is 0 Å². The van der Waals surface area contributed by atoms with E-state index in [1.165, 1.54) is 33.4 Å². The van der Waals surface area contributed by atoms with Crippen molar-refractivity contribution in [1.82, 2.24) is 9.97 Å². The summed E-state index contributed by atoms with van der Waals surface area (Å²) in [6, 6.07) is 47.1. The number of nitriles is 1. The van der Waals surface area contributed by atoms with Gasteiger partial charge in [-0.1, -0.05) is 103 Å². The average molecular weight is 498 g/mol. The second kappa shape index (κ2) is 9.20. The molecule has 39 heavy (non-hydrogen) atoms. The van der Waals surface area contributed by atoms with Crippen molar-refractivity contribution >= 4 is 0 Å². The lowest BCUT2D eigenvalue weighted by molar-refractivity contribution is 0.768. The molecule has 0 saturated carbocycles. The molecule has 0 amide bonds. The topological polar surface area (TPSA) is 49.6 Å². The largest absolute Gasteiger partial charge is 0.263 e. The predicted octanol–water partition coefficient (Wildman–Crippen LogP) is 8.05. The molecule has 0 bridgehead atoms. The summed E-state index contributed by atoms with van der Waals surface area (Å²) in [4.78, 5) is 9.19. The van der Waals surface area contributed by atoms with Crippen LogP contribution in [-0.2, 0) is 5.41 Å². The zero-order valence-corrected chi connectivity index (χ0v) is 21.1. The minimum Gasteiger partial charge on any atom is -0.263 e. The van der Waals surface area contributed by atoms with Crippen molar-refractivity contribution in [3.8, 4) is 39.7 Å². The summed E-state index contributed by atoms with van der Waals surface area (Å²) in [6.07, 6.45) is 3.32. The second-order valence-corrected chi connectivity index (χ2v) is 9.77. The first-order valence-corrected chi connectivity index (χ1v) is 13.0. The molecule has 7 rings (SSSR count). The third kappa shape index (κ3) is 3.58. The highest BCUT2D eigenvalue weighted by molar-refractivity contribution is 5.88. The molecule has 0 fully saturated rings. The Labute approximate surface area is 227 Å². The summed E-state index contributed by atoms with van der Waals surface area (Å²) in [5.74, 6) is 0. The van der Waals surface area contributed by atoms with E-state index in [4.69, 9.17) is 4.98 Å². The van der Waals surface area contributed by atoms with Gasteiger partial charge in [0.05, 0.1) is 22.4 Å². The van der Waals surface area contributed by atoms with Crippen LogP contribution in [0.1, 0.15) is 27.8 Å². The molecule has 2 heterocycles. The van der Waals surface area contributed by atoms with Gasteiger partial charge in [0.1, 0.15) is 6.07 Å². The Morgan fingerprint density at radius 3 is 1.90 bits per heavy atom. The van der Waals surface area contributed by atoms with Crippen LogP contribution in [0.4, 0.5) is 0 Å². The van der Waals surface area contributed by atoms with Gasteiger partial charge in [-0.05, 0) is 57.6 Å². The fourth-order valence-corrected chi connectivity index (χ4v) is 6.01. The third-order valence-corrected chi connectivity index (χ3v) is 7.67. The lowest BCUT2D eigenvalue weighted by atomic mass is 9.67. The van der Waals surface area contributed by atoms with Crippen LogP contribution in [0.5, 0.6) is 0 Å². The van der Waals surface area contributed by atoms with Crippen LogP contribution in [0, 0.1) is 11.3 Å². The molecule has 3 nitrogen and oxygen atoms in total. The van der Waals surface area contributed by atoms with Gasteiger partial charge in [0.15, 0.2) is 0 Å². The average Bonchev–Trinajstić information content (AvgIpc) is 3.32. The maximum Gasteiger partial charge on any atom is 0.101 e. The molecule has 6 aromatic rings. The summed E-state index contributed by atoms with van der Waals surface area (Å²) in [6.45, 7) is 0. The Morgan fingerprint density at radius 1 is 0.538 bits per heavy atom. The van der Waals surface area contributed by atoms with Gasteiger partial charge in [-0.3, -0.25) is 4.98 Å². The van der Waals surface area contributed by atoms with Gasteiger partial charge < -0.3 is 0 Å². The number of aromatic nitrogens is 2. The minimum absolute atomic E-state index is 0.411. The molecule has 0 atom stereocenters. The maximum atomic E-state index is 9.31. The summed E-state index contributed by atoms with van der Waals surface area (Å²) < 4.78 is 0. The molecular formula is C36H23N3. The fraction of sp³-hybridized carbons (Fsp3) is 0.0278. The molecule has 0 aliphatic heterocycles. The van der Waals surface area contributed by atoms with Crippen molar-refractivity contribution in [2.45, 2.75) is 5.41 Å². The number of rotatable bonds is 4. The van der Waals surface area contributed by atoms with Crippen molar-refractivity contribution in [3.05, 3.63) is 168 Å². The van der Waals surface area contributed by atoms with Crippen molar-refractivity contribution in [2.75, 3.05) is 0 Å². The molecule has 0 spiro atoms. The van der Waals surface area contributed by atoms with Gasteiger partial charge in [-0.25, -0.2) is 4.98 Å². The van der Waals surface area contributed by atoms with Crippen LogP contribution in [0.3, 0.4) is 0 Å². The van der Waals surface area contributed by atoms with E-state index in [1.54, 1.807) is 12.4 Å². The van der Waals surface area contributed by atoms with Crippen molar-refractivity contribution in [3.63, 3.8) is 0 Å². The van der Waals surface area contributed by atoms with E-state index in [2.05, 4.69) is 114 Å². The fourth-order valence-electron chi connectivity index (χ4n) is 6.01. The van der Waals surface area contributed by atoms with Crippen LogP contribution < -0.4 is 0 Å². The Kier molecular flexibility index (Phi) is 5.39. The van der Waals surface area contributed by atoms with Crippen LogP contribution >= 0.6 is 0 Å². The summed E-state index contributed by atoms with van der Waals surface area (Å²) >= 11 is 0. The van der Waals surface area contributed by atoms with Crippen LogP contribution in [0.15, 0.2) is 140 Å². The van der Waals surface area contributed by atoms with E-state index in [1.807, 2.05) is 24.3 Å². The number of nitrogens with zero attached hydrogens (tertiary/aromatic N) is 3. The SMILES string of the molecule is N#Cc1cncc(-c2cccc(-c3ccc4c(c3)-c3ccccc3C4(c3ccccc3)c3ccccc3)n2)c1. The van der Waals surface area contributed by atoms with E-state index in [9.17, 15) is 5.26 Å². The molecule has 1 aliphatic rings. The lowest BCUT2D eigenvalue weighted by Gasteiger charge is -2.33. The Balaban J connectivity index is 1.44. The molecule has 0 saturated heterocycles. The normalized spacial score (nSPS) is 12.8. The summed E-state index contributed by atoms with van der Waals surface area (Å²) in [5, 5.41) is 9.31. The first-order valence-electron chi connectivity index (χ1n) is 13.0. The lowest BCUT2D eigenvalue weighted by Crippen LogP contribution is -2.28. The highest BCUT2D eigenvalue weighted by Crippen LogP contribution is 2.56. The van der Waals surface area contributed by atoms with E-state index in [0.29, 0.717) is 5.56 Å². The highest BCUT2D eigenvalue weighted by atomic mass is 14.7. The molecule has 3 heteroatoms. The number of pyridine rings is 2. The Hall–Kier alpha value is -5.33. The molecule has 4 aromatic carbocycles. The predicted molar refractivity (Wildman–Crippen MR) is 155 cm³/mol. The molecule has 0 N–H and O–H groups in total. The molecule has 1 aliphatic carbocycles. The molecule has 2 aromatic heterocycles. The zero-order chi connectivity index (χ0) is 26.2. The summed E-state index contributed by atoms with van der Waals surface area (Å²) in [5.41, 5.74) is 11.2. The second-order valence-electron chi connectivity index (χ2n) is 9.77. The van der Waals surface area contributed by atoms with Crippen LogP contribution in [0.25, 0.3) is 33.6 Å². The molecule has 182 valence electrons. The Bertz CT molecular complexity index is 1830. The highest BCUT2D eigenvalue weighted by Gasteiger charge is 2.45. The zero-order valence-electron chi connectivity index (χ0n) is 21.1. The number of hydrogen-bond donors (Lipinski definition) is 0. The molecule has 0 unspecified atom stereocenters. The van der Waals surface area contributed by atoms with Gasteiger partial charge in [-0.15, -0.1) is 0 Å². The van der Waals surface area contributed by atoms with Gasteiger partial charge in [-0.2, -0.15) is 5.26 Å². The van der Waals surface area contributed by atoms with Gasteiger partial charge in [0.25, 0.3) is 0 Å². The quantitative estimate of drug-likeness (QED) is 0.247. The van der Waals surface area contributed by atoms with Crippen molar-refractivity contribution in [2.24, 2.45) is 0 Å². The standard InChI is InChI=1S/C36H23N3/c37-22-25-20-27(24-38-23-25)35-17-9-16-34(39-35)26-18-19-33-31(21-26)30-14-7-8-15-32(30)36(33,28-10-3-1-4-11-28)29-12-5-2-6-13-29/h1-21,23-24H. The van der Waals surface area contributed by atoms with Crippen LogP contribution in [0.2, 0.25) is 0 Å². The van der Waals surface area contributed by atoms with E-state index in [0.717, 1.165) is 22.5 Å². The van der Waals surface area contributed by atoms with Crippen molar-refractivity contribution in [1.29, 1.82) is 5.26 Å². The molecule has 0 radical (unpaired) electrons. The van der Waals surface area contributed by atoms with E-state index >= 15 is 0 Å². The smallest absolute Gasteiger partial charge is 0.101 e. The van der Waals surface area contributed by atoms with E-state index < -0.39 is 5.41 Å². The van der Waals surface area contributed by atoms with Gasteiger partial charge in [0.2, 0.25) is 0 Å². The first kappa shape index (κ1) is 22.8. The first-order chi connectivity index (χ1) is 19.3. The number of hydrogen-bond acceptors (Lipinski definition) is 3. The minimum atomic E-state index is -0.411. The van der Waals surface area contributed by atoms with Crippen molar-refractivity contribution < 1.29 is 0 Å². The monoisotopic (exact) mass is 497 g/mol. The number of fused-ring (bicyclic) bond motifs is 3. The Morgan fingerprint density at radius 2 is 1.18 bits per heavy atom. The number of benzene rings is 4. The molecular weight excluding hydrogens is 474 g/mol. The van der Waals surface area contributed by atoms with Crippen LogP contribution in [-0.4, -0.2) is 9.97 Å².